The van der Waals surface area contributed by atoms with Gasteiger partial charge in [0.1, 0.15) is 17.3 Å². The molecular formula is C26H28N6O3. The first-order chi connectivity index (χ1) is 17.0. The number of benzene rings is 2. The van der Waals surface area contributed by atoms with Crippen LogP contribution < -0.4 is 21.2 Å². The van der Waals surface area contributed by atoms with Gasteiger partial charge in [-0.2, -0.15) is 0 Å². The largest absolute Gasteiger partial charge is 0.486 e. The second-order valence-electron chi connectivity index (χ2n) is 10.1. The number of rotatable bonds is 3. The number of nitrogens with zero attached hydrogens (tertiary/aromatic N) is 3. The average molecular weight is 473 g/mol. The standard InChI is InChI=1S/C26H28N6O3/c1-14-11-17-13-31(14)9-10-32-26(34)19-4-2-3-18(21(19)30-32)22-25(33)28-20-8-5-15(12-27-16-6-7-16)24(35-17)23(20)29-22/h2-5,8,14,16-17,27,30H,6-7,9-13H2,1H3,(H,28,33)/t14-,17+/m1/s1. The van der Waals surface area contributed by atoms with Crippen LogP contribution in [-0.2, 0) is 13.1 Å². The zero-order chi connectivity index (χ0) is 23.7. The lowest BCUT2D eigenvalue weighted by atomic mass is 10.1. The van der Waals surface area contributed by atoms with Gasteiger partial charge in [-0.15, -0.1) is 0 Å². The summed E-state index contributed by atoms with van der Waals surface area (Å²) in [5, 5.41) is 7.42. The van der Waals surface area contributed by atoms with Crippen LogP contribution in [0.2, 0.25) is 0 Å². The number of ether oxygens (including phenoxy) is 1. The van der Waals surface area contributed by atoms with Crippen LogP contribution in [0.5, 0.6) is 5.75 Å². The Labute approximate surface area is 201 Å². The van der Waals surface area contributed by atoms with E-state index in [0.717, 1.165) is 30.8 Å². The molecule has 4 aromatic rings. The third-order valence-electron chi connectivity index (χ3n) is 7.66. The van der Waals surface area contributed by atoms with Gasteiger partial charge in [0, 0.05) is 49.3 Å². The molecule has 2 fully saturated rings. The first kappa shape index (κ1) is 20.9. The molecule has 2 aliphatic heterocycles. The Kier molecular flexibility index (Phi) is 4.65. The molecule has 9 nitrogen and oxygen atoms in total. The van der Waals surface area contributed by atoms with Gasteiger partial charge in [0.05, 0.1) is 23.0 Å². The maximum Gasteiger partial charge on any atom is 0.275 e. The SMILES string of the molecule is C[C@@H]1C[C@H]2CN1CCn1[nH]c3c(cccc3c1=O)-c1nc3c(c(CNC4CC4)ccc3[nH]c1=O)O2. The van der Waals surface area contributed by atoms with Crippen molar-refractivity contribution in [1.82, 2.24) is 30.0 Å². The highest BCUT2D eigenvalue weighted by molar-refractivity contribution is 5.94. The van der Waals surface area contributed by atoms with Crippen LogP contribution >= 0.6 is 0 Å². The van der Waals surface area contributed by atoms with Gasteiger partial charge in [0.2, 0.25) is 0 Å². The molecule has 1 unspecified atom stereocenters. The van der Waals surface area contributed by atoms with E-state index < -0.39 is 0 Å². The maximum atomic E-state index is 13.2. The Morgan fingerprint density at radius 2 is 2.06 bits per heavy atom. The van der Waals surface area contributed by atoms with Crippen molar-refractivity contribution in [3.8, 4) is 17.0 Å². The van der Waals surface area contributed by atoms with E-state index in [9.17, 15) is 9.59 Å². The molecule has 180 valence electrons. The third kappa shape index (κ3) is 3.49. The molecule has 1 aliphatic carbocycles. The summed E-state index contributed by atoms with van der Waals surface area (Å²) in [6.07, 6.45) is 3.31. The molecule has 0 amide bonds. The zero-order valence-electron chi connectivity index (χ0n) is 19.6. The Balaban J connectivity index is 1.48. The van der Waals surface area contributed by atoms with E-state index >= 15 is 0 Å². The van der Waals surface area contributed by atoms with Gasteiger partial charge in [-0.05, 0) is 31.9 Å². The van der Waals surface area contributed by atoms with E-state index in [0.29, 0.717) is 52.7 Å². The lowest BCUT2D eigenvalue weighted by Gasteiger charge is -2.21. The van der Waals surface area contributed by atoms with Crippen molar-refractivity contribution in [3.05, 3.63) is 56.6 Å². The van der Waals surface area contributed by atoms with Crippen molar-refractivity contribution in [1.29, 1.82) is 0 Å². The van der Waals surface area contributed by atoms with Gasteiger partial charge >= 0.3 is 0 Å². The number of para-hydroxylation sites is 1. The van der Waals surface area contributed by atoms with Crippen molar-refractivity contribution in [2.45, 2.75) is 57.5 Å². The number of aromatic amines is 2. The molecule has 3 aliphatic rings. The smallest absolute Gasteiger partial charge is 0.275 e. The van der Waals surface area contributed by atoms with Crippen molar-refractivity contribution >= 4 is 21.9 Å². The summed E-state index contributed by atoms with van der Waals surface area (Å²) in [6.45, 7) is 4.97. The summed E-state index contributed by atoms with van der Waals surface area (Å²) in [4.78, 5) is 36.6. The summed E-state index contributed by atoms with van der Waals surface area (Å²) in [6, 6.07) is 10.3. The summed E-state index contributed by atoms with van der Waals surface area (Å²) in [5.74, 6) is 0.738. The lowest BCUT2D eigenvalue weighted by Crippen LogP contribution is -2.33. The molecule has 6 bridgehead atoms. The molecule has 2 aromatic heterocycles. The highest BCUT2D eigenvalue weighted by atomic mass is 16.5. The molecule has 9 heteroatoms. The molecule has 2 aromatic carbocycles. The molecule has 4 heterocycles. The number of aromatic nitrogens is 4. The van der Waals surface area contributed by atoms with E-state index in [1.165, 1.54) is 12.8 Å². The van der Waals surface area contributed by atoms with Crippen LogP contribution in [-0.4, -0.2) is 55.9 Å². The summed E-state index contributed by atoms with van der Waals surface area (Å²) < 4.78 is 8.34. The van der Waals surface area contributed by atoms with Crippen LogP contribution in [0.4, 0.5) is 0 Å². The second kappa shape index (κ2) is 7.79. The minimum Gasteiger partial charge on any atom is -0.486 e. The van der Waals surface area contributed by atoms with Gasteiger partial charge in [-0.25, -0.2) is 4.98 Å². The van der Waals surface area contributed by atoms with E-state index in [-0.39, 0.29) is 22.9 Å². The number of nitrogens with one attached hydrogen (secondary N) is 3. The predicted octanol–water partition coefficient (Wildman–Crippen LogP) is 2.34. The second-order valence-corrected chi connectivity index (χ2v) is 10.1. The van der Waals surface area contributed by atoms with E-state index in [2.05, 4.69) is 27.2 Å². The topological polar surface area (TPSA) is 108 Å². The summed E-state index contributed by atoms with van der Waals surface area (Å²) in [7, 11) is 0. The normalized spacial score (nSPS) is 23.7. The Morgan fingerprint density at radius 3 is 2.91 bits per heavy atom. The van der Waals surface area contributed by atoms with E-state index in [1.807, 2.05) is 24.3 Å². The van der Waals surface area contributed by atoms with Gasteiger partial charge in [0.15, 0.2) is 5.75 Å². The highest BCUT2D eigenvalue weighted by Crippen LogP contribution is 2.33. The molecule has 7 rings (SSSR count). The zero-order valence-corrected chi connectivity index (χ0v) is 19.6. The third-order valence-corrected chi connectivity index (χ3v) is 7.66. The number of H-pyrrole nitrogens is 2. The van der Waals surface area contributed by atoms with E-state index in [4.69, 9.17) is 9.72 Å². The lowest BCUT2D eigenvalue weighted by molar-refractivity contribution is 0.194. The van der Waals surface area contributed by atoms with Gasteiger partial charge in [-0.1, -0.05) is 18.2 Å². The fourth-order valence-corrected chi connectivity index (χ4v) is 5.54. The van der Waals surface area contributed by atoms with Crippen molar-refractivity contribution in [3.63, 3.8) is 0 Å². The summed E-state index contributed by atoms with van der Waals surface area (Å²) in [5.41, 5.74) is 3.51. The molecule has 1 saturated carbocycles. The van der Waals surface area contributed by atoms with Gasteiger partial charge in [-0.3, -0.25) is 24.3 Å². The van der Waals surface area contributed by atoms with Gasteiger partial charge in [0.25, 0.3) is 11.1 Å². The minimum atomic E-state index is -0.291. The predicted molar refractivity (Wildman–Crippen MR) is 134 cm³/mol. The van der Waals surface area contributed by atoms with E-state index in [1.54, 1.807) is 10.7 Å². The van der Waals surface area contributed by atoms with Crippen LogP contribution in [0.25, 0.3) is 33.2 Å². The first-order valence-electron chi connectivity index (χ1n) is 12.5. The quantitative estimate of drug-likeness (QED) is 0.423. The van der Waals surface area contributed by atoms with Crippen molar-refractivity contribution < 1.29 is 4.74 Å². The van der Waals surface area contributed by atoms with Crippen LogP contribution in [0, 0.1) is 0 Å². The highest BCUT2D eigenvalue weighted by Gasteiger charge is 2.32. The molecule has 0 radical (unpaired) electrons. The maximum absolute atomic E-state index is 13.2. The number of fused-ring (bicyclic) bond motifs is 5. The molecule has 35 heavy (non-hydrogen) atoms. The van der Waals surface area contributed by atoms with Crippen LogP contribution in [0.3, 0.4) is 0 Å². The molecule has 3 atom stereocenters. The molecule has 3 N–H and O–H groups in total. The first-order valence-corrected chi connectivity index (χ1v) is 12.5. The Bertz CT molecular complexity index is 1580. The Hall–Kier alpha value is -3.43. The monoisotopic (exact) mass is 472 g/mol. The number of hydrogen-bond acceptors (Lipinski definition) is 6. The Morgan fingerprint density at radius 1 is 1.17 bits per heavy atom. The average Bonchev–Trinajstić information content (AvgIpc) is 3.54. The number of hydrogen-bond donors (Lipinski definition) is 3. The van der Waals surface area contributed by atoms with Gasteiger partial charge < -0.3 is 15.0 Å². The minimum absolute atomic E-state index is 0.00856. The molecule has 0 spiro atoms. The fourth-order valence-electron chi connectivity index (χ4n) is 5.54. The molecule has 1 saturated heterocycles. The summed E-state index contributed by atoms with van der Waals surface area (Å²) >= 11 is 0. The van der Waals surface area contributed by atoms with Crippen LogP contribution in [0.1, 0.15) is 31.7 Å². The van der Waals surface area contributed by atoms with Crippen LogP contribution in [0.15, 0.2) is 39.9 Å². The molecular weight excluding hydrogens is 444 g/mol. The van der Waals surface area contributed by atoms with Crippen molar-refractivity contribution in [2.75, 3.05) is 13.1 Å². The van der Waals surface area contributed by atoms with Crippen molar-refractivity contribution in [2.24, 2.45) is 0 Å². The fraction of sp³-hybridized carbons (Fsp3) is 0.423.